The number of nitrogens with one attached hydrogen (secondary N) is 2. The summed E-state index contributed by atoms with van der Waals surface area (Å²) >= 11 is 0. The zero-order chi connectivity index (χ0) is 29.5. The van der Waals surface area contributed by atoms with Crippen LogP contribution in [0.15, 0.2) is 109 Å². The molecular formula is C33H29FN4O4. The summed E-state index contributed by atoms with van der Waals surface area (Å²) in [5.74, 6) is -0.625. The summed E-state index contributed by atoms with van der Waals surface area (Å²) in [6, 6.07) is 31.0. The lowest BCUT2D eigenvalue weighted by Crippen LogP contribution is -2.44. The fraction of sp³-hybridized carbons (Fsp3) is 0.121. The van der Waals surface area contributed by atoms with Crippen LogP contribution in [0, 0.1) is 5.82 Å². The molecule has 2 N–H and O–H groups in total. The number of halogens is 1. The maximum absolute atomic E-state index is 13.6. The Morgan fingerprint density at radius 2 is 1.45 bits per heavy atom. The van der Waals surface area contributed by atoms with E-state index in [1.54, 1.807) is 37.4 Å². The molecule has 5 aromatic rings. The number of carbonyl (C=O) groups is 3. The van der Waals surface area contributed by atoms with Crippen molar-refractivity contribution in [1.82, 2.24) is 14.8 Å². The number of anilines is 1. The van der Waals surface area contributed by atoms with Gasteiger partial charge in [0.2, 0.25) is 11.8 Å². The molecule has 0 aliphatic carbocycles. The minimum atomic E-state index is -0.467. The fourth-order valence-corrected chi connectivity index (χ4v) is 4.41. The van der Waals surface area contributed by atoms with Crippen LogP contribution in [-0.2, 0) is 16.1 Å². The molecule has 0 fully saturated rings. The Morgan fingerprint density at radius 3 is 2.14 bits per heavy atom. The van der Waals surface area contributed by atoms with Crippen molar-refractivity contribution >= 4 is 34.3 Å². The number of aromatic nitrogens is 1. The second-order valence-corrected chi connectivity index (χ2v) is 9.80. The van der Waals surface area contributed by atoms with E-state index in [-0.39, 0.29) is 30.5 Å². The summed E-state index contributed by atoms with van der Waals surface area (Å²) in [5, 5.41) is 3.62. The molecular weight excluding hydrogens is 535 g/mol. The normalized spacial score (nSPS) is 10.7. The van der Waals surface area contributed by atoms with Crippen molar-refractivity contribution in [2.45, 2.75) is 6.54 Å². The van der Waals surface area contributed by atoms with Crippen LogP contribution in [0.1, 0.15) is 16.1 Å². The number of ether oxygens (including phenoxy) is 1. The summed E-state index contributed by atoms with van der Waals surface area (Å²) in [6.07, 6.45) is 0. The molecule has 0 spiro atoms. The second kappa shape index (κ2) is 12.8. The third kappa shape index (κ3) is 7.19. The Kier molecular flexibility index (Phi) is 8.58. The first-order valence-electron chi connectivity index (χ1n) is 13.3. The number of rotatable bonds is 10. The number of benzene rings is 4. The maximum atomic E-state index is 13.6. The topological polar surface area (TPSA) is 94.7 Å². The van der Waals surface area contributed by atoms with Crippen molar-refractivity contribution in [2.24, 2.45) is 0 Å². The van der Waals surface area contributed by atoms with Gasteiger partial charge in [-0.2, -0.15) is 0 Å². The largest absolute Gasteiger partial charge is 0.457 e. The van der Waals surface area contributed by atoms with Gasteiger partial charge in [0.15, 0.2) is 0 Å². The first-order chi connectivity index (χ1) is 20.3. The zero-order valence-electron chi connectivity index (χ0n) is 22.9. The van der Waals surface area contributed by atoms with Crippen LogP contribution in [0.5, 0.6) is 11.5 Å². The first kappa shape index (κ1) is 28.1. The van der Waals surface area contributed by atoms with Crippen molar-refractivity contribution in [1.29, 1.82) is 0 Å². The van der Waals surface area contributed by atoms with Gasteiger partial charge in [-0.3, -0.25) is 14.4 Å². The molecule has 0 aliphatic rings. The van der Waals surface area contributed by atoms with Gasteiger partial charge in [-0.1, -0.05) is 48.5 Å². The first-order valence-corrected chi connectivity index (χ1v) is 13.3. The highest BCUT2D eigenvalue weighted by Crippen LogP contribution is 2.23. The molecule has 0 unspecified atom stereocenters. The van der Waals surface area contributed by atoms with E-state index in [0.717, 1.165) is 16.5 Å². The molecule has 1 heterocycles. The monoisotopic (exact) mass is 564 g/mol. The van der Waals surface area contributed by atoms with Gasteiger partial charge in [-0.15, -0.1) is 0 Å². The summed E-state index contributed by atoms with van der Waals surface area (Å²) in [4.78, 5) is 45.6. The molecule has 0 saturated carbocycles. The number of amides is 3. The molecule has 5 rings (SSSR count). The van der Waals surface area contributed by atoms with Crippen molar-refractivity contribution in [3.05, 3.63) is 126 Å². The summed E-state index contributed by atoms with van der Waals surface area (Å²) in [6.45, 7) is -0.255. The Labute approximate surface area is 242 Å². The van der Waals surface area contributed by atoms with Gasteiger partial charge in [0.25, 0.3) is 5.91 Å². The quantitative estimate of drug-likeness (QED) is 0.223. The Morgan fingerprint density at radius 1 is 0.810 bits per heavy atom. The standard InChI is InChI=1S/C33H29FN4O4/c1-37(20-23-7-3-2-4-8-23)32(40)22-38(33(41)30-19-24-9-5-6-10-29(24)36-30)21-31(39)35-26-13-17-28(18-14-26)42-27-15-11-25(34)12-16-27/h2-19,36H,20-22H2,1H3,(H,35,39). The summed E-state index contributed by atoms with van der Waals surface area (Å²) in [5.41, 5.74) is 2.49. The van der Waals surface area contributed by atoms with Crippen molar-refractivity contribution in [3.63, 3.8) is 0 Å². The molecule has 0 saturated heterocycles. The van der Waals surface area contributed by atoms with E-state index in [2.05, 4.69) is 10.3 Å². The van der Waals surface area contributed by atoms with Crippen LogP contribution in [0.4, 0.5) is 10.1 Å². The van der Waals surface area contributed by atoms with Crippen molar-refractivity contribution < 1.29 is 23.5 Å². The SMILES string of the molecule is CN(Cc1ccccc1)C(=O)CN(CC(=O)Nc1ccc(Oc2ccc(F)cc2)cc1)C(=O)c1cc2ccccc2[nH]1. The second-order valence-electron chi connectivity index (χ2n) is 9.80. The van der Waals surface area contributed by atoms with E-state index >= 15 is 0 Å². The number of fused-ring (bicyclic) bond motifs is 1. The number of para-hydroxylation sites is 1. The van der Waals surface area contributed by atoms with Crippen LogP contribution < -0.4 is 10.1 Å². The third-order valence-electron chi connectivity index (χ3n) is 6.58. The molecule has 1 aromatic heterocycles. The molecule has 0 aliphatic heterocycles. The minimum Gasteiger partial charge on any atom is -0.457 e. The molecule has 4 aromatic carbocycles. The molecule has 8 nitrogen and oxygen atoms in total. The van der Waals surface area contributed by atoms with Gasteiger partial charge in [-0.25, -0.2) is 4.39 Å². The number of aromatic amines is 1. The molecule has 212 valence electrons. The highest BCUT2D eigenvalue weighted by molar-refractivity contribution is 6.02. The smallest absolute Gasteiger partial charge is 0.271 e. The highest BCUT2D eigenvalue weighted by Gasteiger charge is 2.25. The van der Waals surface area contributed by atoms with Gasteiger partial charge in [0.05, 0.1) is 0 Å². The molecule has 42 heavy (non-hydrogen) atoms. The predicted octanol–water partition coefficient (Wildman–Crippen LogP) is 5.84. The van der Waals surface area contributed by atoms with Gasteiger partial charge in [0, 0.05) is 30.2 Å². The van der Waals surface area contributed by atoms with Crippen molar-refractivity contribution in [3.8, 4) is 11.5 Å². The van der Waals surface area contributed by atoms with E-state index in [1.807, 2.05) is 54.6 Å². The van der Waals surface area contributed by atoms with Gasteiger partial charge >= 0.3 is 0 Å². The third-order valence-corrected chi connectivity index (χ3v) is 6.58. The van der Waals surface area contributed by atoms with Crippen LogP contribution >= 0.6 is 0 Å². The minimum absolute atomic E-state index is 0.282. The van der Waals surface area contributed by atoms with E-state index in [1.165, 1.54) is 34.1 Å². The fourth-order valence-electron chi connectivity index (χ4n) is 4.41. The molecule has 0 atom stereocenters. The molecule has 9 heteroatoms. The summed E-state index contributed by atoms with van der Waals surface area (Å²) < 4.78 is 18.8. The van der Waals surface area contributed by atoms with E-state index < -0.39 is 11.8 Å². The molecule has 3 amide bonds. The number of likely N-dealkylation sites (N-methyl/N-ethyl adjacent to an activating group) is 1. The molecule has 0 radical (unpaired) electrons. The molecule has 0 bridgehead atoms. The van der Waals surface area contributed by atoms with E-state index in [4.69, 9.17) is 4.74 Å². The number of nitrogens with zero attached hydrogens (tertiary/aromatic N) is 2. The number of hydrogen-bond donors (Lipinski definition) is 2. The van der Waals surface area contributed by atoms with Gasteiger partial charge in [-0.05, 0) is 66.2 Å². The number of carbonyl (C=O) groups excluding carboxylic acids is 3. The predicted molar refractivity (Wildman–Crippen MR) is 159 cm³/mol. The van der Waals surface area contributed by atoms with Gasteiger partial charge in [0.1, 0.15) is 36.1 Å². The van der Waals surface area contributed by atoms with Crippen LogP contribution in [0.3, 0.4) is 0 Å². The van der Waals surface area contributed by atoms with Crippen LogP contribution in [0.2, 0.25) is 0 Å². The zero-order valence-corrected chi connectivity index (χ0v) is 22.9. The maximum Gasteiger partial charge on any atom is 0.271 e. The Bertz CT molecular complexity index is 1650. The lowest BCUT2D eigenvalue weighted by Gasteiger charge is -2.25. The van der Waals surface area contributed by atoms with Crippen LogP contribution in [0.25, 0.3) is 10.9 Å². The number of H-pyrrole nitrogens is 1. The van der Waals surface area contributed by atoms with E-state index in [0.29, 0.717) is 23.7 Å². The van der Waals surface area contributed by atoms with Gasteiger partial charge < -0.3 is 24.8 Å². The Hall–Kier alpha value is -5.44. The lowest BCUT2D eigenvalue weighted by molar-refractivity contribution is -0.131. The highest BCUT2D eigenvalue weighted by atomic mass is 19.1. The Balaban J connectivity index is 1.27. The lowest BCUT2D eigenvalue weighted by atomic mass is 10.2. The average molecular weight is 565 g/mol. The average Bonchev–Trinajstić information content (AvgIpc) is 3.43. The van der Waals surface area contributed by atoms with Crippen LogP contribution in [-0.4, -0.2) is 52.6 Å². The van der Waals surface area contributed by atoms with Crippen molar-refractivity contribution in [2.75, 3.05) is 25.5 Å². The van der Waals surface area contributed by atoms with E-state index in [9.17, 15) is 18.8 Å². The summed E-state index contributed by atoms with van der Waals surface area (Å²) in [7, 11) is 1.66. The number of hydrogen-bond acceptors (Lipinski definition) is 4.